The summed E-state index contributed by atoms with van der Waals surface area (Å²) in [5, 5.41) is 11.5. The summed E-state index contributed by atoms with van der Waals surface area (Å²) in [6.45, 7) is 9.82. The van der Waals surface area contributed by atoms with Gasteiger partial charge in [-0.05, 0) is 56.3 Å². The first-order chi connectivity index (χ1) is 12.6. The lowest BCUT2D eigenvalue weighted by Gasteiger charge is -2.25. The number of aromatic nitrogens is 1. The molecule has 3 rings (SSSR count). The summed E-state index contributed by atoms with van der Waals surface area (Å²) in [6, 6.07) is 7.07. The predicted octanol–water partition coefficient (Wildman–Crippen LogP) is 4.79. The van der Waals surface area contributed by atoms with Crippen molar-refractivity contribution in [2.45, 2.75) is 19.3 Å². The Hall–Kier alpha value is -2.30. The molecule has 1 aliphatic heterocycles. The van der Waals surface area contributed by atoms with Crippen molar-refractivity contribution < 1.29 is 9.90 Å². The summed E-state index contributed by atoms with van der Waals surface area (Å²) < 4.78 is 1.61. The summed E-state index contributed by atoms with van der Waals surface area (Å²) in [5.41, 5.74) is 2.26. The Morgan fingerprint density at radius 3 is 2.35 bits per heavy atom. The Balaban J connectivity index is 2.04. The number of benzene rings is 1. The minimum Gasteiger partial charge on any atom is -0.494 e. The highest BCUT2D eigenvalue weighted by atomic mass is 35.5. The fourth-order valence-electron chi connectivity index (χ4n) is 3.53. The minimum atomic E-state index is -0.102. The maximum atomic E-state index is 13.0. The number of Topliss-reactive ketones (excluding diaryl/α,β-unsaturated/α-hetero) is 1. The Morgan fingerprint density at radius 2 is 1.77 bits per heavy atom. The third kappa shape index (κ3) is 3.48. The summed E-state index contributed by atoms with van der Waals surface area (Å²) in [6.07, 6.45) is 6.66. The van der Waals surface area contributed by atoms with E-state index in [0.29, 0.717) is 34.1 Å². The second kappa shape index (κ2) is 7.94. The van der Waals surface area contributed by atoms with Crippen molar-refractivity contribution in [2.75, 3.05) is 19.6 Å². The number of ketones is 1. The van der Waals surface area contributed by atoms with Gasteiger partial charge in [0.15, 0.2) is 5.78 Å². The molecular weight excluding hydrogens is 348 g/mol. The molecule has 2 aromatic rings. The molecule has 26 heavy (non-hydrogen) atoms. The first-order valence-electron chi connectivity index (χ1n) is 8.80. The van der Waals surface area contributed by atoms with Gasteiger partial charge in [0, 0.05) is 16.3 Å². The highest BCUT2D eigenvalue weighted by molar-refractivity contribution is 6.30. The molecule has 1 aromatic heterocycles. The van der Waals surface area contributed by atoms with E-state index in [1.807, 2.05) is 0 Å². The van der Waals surface area contributed by atoms with Crippen molar-refractivity contribution in [3.8, 4) is 11.6 Å². The van der Waals surface area contributed by atoms with E-state index >= 15 is 0 Å². The first-order valence-corrected chi connectivity index (χ1v) is 9.18. The van der Waals surface area contributed by atoms with Gasteiger partial charge < -0.3 is 5.11 Å². The molecule has 0 radical (unpaired) electrons. The number of aromatic hydroxyl groups is 1. The van der Waals surface area contributed by atoms with Gasteiger partial charge in [-0.15, -0.1) is 0 Å². The van der Waals surface area contributed by atoms with E-state index in [9.17, 15) is 9.90 Å². The number of likely N-dealkylation sites (tertiary alicyclic amines) is 1. The molecule has 0 aliphatic carbocycles. The molecule has 2 heterocycles. The number of rotatable bonds is 6. The van der Waals surface area contributed by atoms with E-state index in [2.05, 4.69) is 18.1 Å². The van der Waals surface area contributed by atoms with E-state index in [1.165, 1.54) is 6.42 Å². The molecule has 0 bridgehead atoms. The quantitative estimate of drug-likeness (QED) is 0.743. The fourth-order valence-corrected chi connectivity index (χ4v) is 3.65. The van der Waals surface area contributed by atoms with Gasteiger partial charge in [0.25, 0.3) is 0 Å². The lowest BCUT2D eigenvalue weighted by Crippen LogP contribution is -2.34. The number of piperidine rings is 1. The largest absolute Gasteiger partial charge is 0.494 e. The number of carbonyl (C=O) groups is 1. The number of hydrogen-bond donors (Lipinski definition) is 1. The van der Waals surface area contributed by atoms with Crippen LogP contribution < -0.4 is 0 Å². The number of halogens is 1. The highest BCUT2D eigenvalue weighted by Gasteiger charge is 2.26. The zero-order chi connectivity index (χ0) is 18.7. The molecule has 136 valence electrons. The van der Waals surface area contributed by atoms with Crippen molar-refractivity contribution in [3.05, 3.63) is 59.3 Å². The van der Waals surface area contributed by atoms with Gasteiger partial charge in [0.2, 0.25) is 5.88 Å². The summed E-state index contributed by atoms with van der Waals surface area (Å²) in [4.78, 5) is 15.1. The van der Waals surface area contributed by atoms with E-state index in [0.717, 1.165) is 25.9 Å². The second-order valence-electron chi connectivity index (χ2n) is 6.48. The van der Waals surface area contributed by atoms with Crippen molar-refractivity contribution in [2.24, 2.45) is 0 Å². The van der Waals surface area contributed by atoms with Crippen LogP contribution in [0, 0.1) is 0 Å². The van der Waals surface area contributed by atoms with Gasteiger partial charge >= 0.3 is 0 Å². The first kappa shape index (κ1) is 18.5. The van der Waals surface area contributed by atoms with Crippen LogP contribution in [0.2, 0.25) is 5.02 Å². The van der Waals surface area contributed by atoms with E-state index in [4.69, 9.17) is 11.6 Å². The molecule has 1 saturated heterocycles. The third-order valence-electron chi connectivity index (χ3n) is 4.80. The van der Waals surface area contributed by atoms with Gasteiger partial charge in [-0.25, -0.2) is 0 Å². The molecule has 0 amide bonds. The monoisotopic (exact) mass is 370 g/mol. The summed E-state index contributed by atoms with van der Waals surface area (Å²) in [5.74, 6) is -0.186. The fraction of sp³-hybridized carbons (Fsp3) is 0.286. The lowest BCUT2D eigenvalue weighted by molar-refractivity contribution is 0.0913. The average Bonchev–Trinajstić information content (AvgIpc) is 2.94. The second-order valence-corrected chi connectivity index (χ2v) is 6.91. The van der Waals surface area contributed by atoms with Gasteiger partial charge in [-0.3, -0.25) is 14.3 Å². The molecule has 0 unspecified atom stereocenters. The van der Waals surface area contributed by atoms with Gasteiger partial charge in [-0.1, -0.05) is 37.3 Å². The van der Waals surface area contributed by atoms with Crippen LogP contribution in [-0.2, 0) is 0 Å². The standard InChI is InChI=1S/C21H23ClN2O2/c1-3-17-18(4-2)24(16-10-8-15(22)9-11-16)21(26)20(17)19(25)14-23-12-6-5-7-13-23/h3-4,8-11,26H,1-2,5-7,12-14H2. The summed E-state index contributed by atoms with van der Waals surface area (Å²) in [7, 11) is 0. The van der Waals surface area contributed by atoms with Gasteiger partial charge in [-0.2, -0.15) is 0 Å². The molecule has 1 fully saturated rings. The van der Waals surface area contributed by atoms with Gasteiger partial charge in [0.1, 0.15) is 0 Å². The third-order valence-corrected chi connectivity index (χ3v) is 5.05. The Labute approximate surface area is 159 Å². The number of hydrogen-bond acceptors (Lipinski definition) is 3. The molecule has 0 spiro atoms. The maximum absolute atomic E-state index is 13.0. The van der Waals surface area contributed by atoms with Gasteiger partial charge in [0.05, 0.1) is 17.8 Å². The highest BCUT2D eigenvalue weighted by Crippen LogP contribution is 2.34. The zero-order valence-electron chi connectivity index (χ0n) is 14.7. The topological polar surface area (TPSA) is 45.5 Å². The van der Waals surface area contributed by atoms with E-state index in [1.54, 1.807) is 41.0 Å². The molecule has 1 aliphatic rings. The van der Waals surface area contributed by atoms with Crippen LogP contribution in [-0.4, -0.2) is 40.0 Å². The van der Waals surface area contributed by atoms with E-state index in [-0.39, 0.29) is 11.7 Å². The summed E-state index contributed by atoms with van der Waals surface area (Å²) >= 11 is 5.97. The molecule has 4 nitrogen and oxygen atoms in total. The van der Waals surface area contributed by atoms with Crippen LogP contribution in [0.3, 0.4) is 0 Å². The Morgan fingerprint density at radius 1 is 1.12 bits per heavy atom. The lowest BCUT2D eigenvalue weighted by atomic mass is 10.0. The van der Waals surface area contributed by atoms with Crippen molar-refractivity contribution in [1.29, 1.82) is 0 Å². The van der Waals surface area contributed by atoms with Crippen LogP contribution in [0.4, 0.5) is 0 Å². The molecule has 0 atom stereocenters. The SMILES string of the molecule is C=Cc1c(C(=O)CN2CCCCC2)c(O)n(-c2ccc(Cl)cc2)c1C=C. The van der Waals surface area contributed by atoms with Crippen LogP contribution in [0.25, 0.3) is 17.8 Å². The predicted molar refractivity (Wildman–Crippen MR) is 107 cm³/mol. The number of carbonyl (C=O) groups excluding carboxylic acids is 1. The zero-order valence-corrected chi connectivity index (χ0v) is 15.5. The molecule has 1 aromatic carbocycles. The molecular formula is C21H23ClN2O2. The molecule has 1 N–H and O–H groups in total. The minimum absolute atomic E-state index is 0.0841. The number of nitrogens with zero attached hydrogens (tertiary/aromatic N) is 2. The van der Waals surface area contributed by atoms with Crippen LogP contribution in [0.15, 0.2) is 37.4 Å². The van der Waals surface area contributed by atoms with Crippen molar-refractivity contribution in [3.63, 3.8) is 0 Å². The van der Waals surface area contributed by atoms with Crippen molar-refractivity contribution in [1.82, 2.24) is 9.47 Å². The van der Waals surface area contributed by atoms with Crippen molar-refractivity contribution >= 4 is 29.5 Å². The average molecular weight is 371 g/mol. The van der Waals surface area contributed by atoms with Crippen LogP contribution in [0.5, 0.6) is 5.88 Å². The molecule has 0 saturated carbocycles. The molecule has 5 heteroatoms. The Bertz CT molecular complexity index is 831. The normalized spacial score (nSPS) is 15.0. The Kier molecular flexibility index (Phi) is 5.64. The van der Waals surface area contributed by atoms with E-state index < -0.39 is 0 Å². The smallest absolute Gasteiger partial charge is 0.207 e. The maximum Gasteiger partial charge on any atom is 0.207 e. The van der Waals surface area contributed by atoms with Crippen LogP contribution in [0.1, 0.15) is 40.9 Å². The van der Waals surface area contributed by atoms with Crippen LogP contribution >= 0.6 is 11.6 Å².